The van der Waals surface area contributed by atoms with Gasteiger partial charge in [-0.3, -0.25) is 4.79 Å². The summed E-state index contributed by atoms with van der Waals surface area (Å²) in [5.74, 6) is -0.856. The van der Waals surface area contributed by atoms with Gasteiger partial charge in [-0.15, -0.1) is 11.8 Å². The molecule has 18 heavy (non-hydrogen) atoms. The highest BCUT2D eigenvalue weighted by molar-refractivity contribution is 7.98. The zero-order valence-corrected chi connectivity index (χ0v) is 11.5. The van der Waals surface area contributed by atoms with Crippen molar-refractivity contribution < 1.29 is 14.3 Å². The number of carbonyl (C=O) groups is 2. The molecule has 3 nitrogen and oxygen atoms in total. The van der Waals surface area contributed by atoms with E-state index < -0.39 is 5.97 Å². The van der Waals surface area contributed by atoms with Gasteiger partial charge in [-0.05, 0) is 37.8 Å². The Bertz CT molecular complexity index is 478. The van der Waals surface area contributed by atoms with Crippen LogP contribution in [0.2, 0.25) is 0 Å². The summed E-state index contributed by atoms with van der Waals surface area (Å²) in [6.45, 7) is 3.34. The van der Waals surface area contributed by atoms with Crippen LogP contribution >= 0.6 is 11.8 Å². The quantitative estimate of drug-likeness (QED) is 0.270. The van der Waals surface area contributed by atoms with Crippen molar-refractivity contribution in [1.82, 2.24) is 0 Å². The van der Waals surface area contributed by atoms with Crippen LogP contribution in [0, 0.1) is 0 Å². The first kappa shape index (κ1) is 14.5. The third-order valence-corrected chi connectivity index (χ3v) is 3.13. The monoisotopic (exact) mass is 264 g/mol. The number of esters is 1. The number of Topliss-reactive ketones (excluding diaryl/α,β-unsaturated/α-hetero) is 1. The topological polar surface area (TPSA) is 43.4 Å². The van der Waals surface area contributed by atoms with Crippen LogP contribution in [0.4, 0.5) is 0 Å². The molecule has 0 aliphatic carbocycles. The smallest absolute Gasteiger partial charge is 0.341 e. The predicted octanol–water partition coefficient (Wildman–Crippen LogP) is 2.94. The Morgan fingerprint density at radius 3 is 2.56 bits per heavy atom. The van der Waals surface area contributed by atoms with Crippen molar-refractivity contribution in [3.8, 4) is 0 Å². The van der Waals surface area contributed by atoms with E-state index in [2.05, 4.69) is 0 Å². The second-order valence-corrected chi connectivity index (χ2v) is 4.42. The molecule has 0 unspecified atom stereocenters. The molecule has 1 aromatic rings. The zero-order valence-electron chi connectivity index (χ0n) is 10.7. The molecule has 0 fully saturated rings. The lowest BCUT2D eigenvalue weighted by molar-refractivity contribution is -0.139. The zero-order chi connectivity index (χ0) is 13.5. The molecule has 0 spiro atoms. The van der Waals surface area contributed by atoms with Crippen molar-refractivity contribution in [3.63, 3.8) is 0 Å². The molecule has 0 atom stereocenters. The molecule has 0 N–H and O–H groups in total. The van der Waals surface area contributed by atoms with Crippen LogP contribution in [0.5, 0.6) is 0 Å². The second kappa shape index (κ2) is 7.01. The number of carbonyl (C=O) groups excluding carboxylic acids is 2. The molecule has 4 heteroatoms. The van der Waals surface area contributed by atoms with Gasteiger partial charge in [0.1, 0.15) is 5.57 Å². The lowest BCUT2D eigenvalue weighted by atomic mass is 10.1. The maximum atomic E-state index is 11.7. The Balaban J connectivity index is 3.16. The highest BCUT2D eigenvalue weighted by Gasteiger charge is 2.16. The minimum Gasteiger partial charge on any atom is -0.462 e. The fourth-order valence-electron chi connectivity index (χ4n) is 1.45. The van der Waals surface area contributed by atoms with E-state index in [0.717, 1.165) is 10.5 Å². The number of hydrogen-bond acceptors (Lipinski definition) is 4. The van der Waals surface area contributed by atoms with Crippen molar-refractivity contribution in [1.29, 1.82) is 0 Å². The van der Waals surface area contributed by atoms with Crippen molar-refractivity contribution in [2.45, 2.75) is 18.7 Å². The summed E-state index contributed by atoms with van der Waals surface area (Å²) >= 11 is 1.57. The number of rotatable bonds is 5. The van der Waals surface area contributed by atoms with E-state index in [1.807, 2.05) is 30.5 Å². The van der Waals surface area contributed by atoms with Crippen LogP contribution < -0.4 is 0 Å². The SMILES string of the molecule is CCOC(=O)C(=Cc1ccccc1SC)C(C)=O. The van der Waals surface area contributed by atoms with E-state index in [4.69, 9.17) is 4.74 Å². The Morgan fingerprint density at radius 2 is 2.00 bits per heavy atom. The number of hydrogen-bond donors (Lipinski definition) is 0. The summed E-state index contributed by atoms with van der Waals surface area (Å²) in [6, 6.07) is 7.60. The molecule has 0 aliphatic heterocycles. The van der Waals surface area contributed by atoms with Crippen molar-refractivity contribution in [2.24, 2.45) is 0 Å². The Labute approximate surface area is 111 Å². The first-order valence-electron chi connectivity index (χ1n) is 5.63. The Hall–Kier alpha value is -1.55. The molecule has 96 valence electrons. The van der Waals surface area contributed by atoms with Crippen molar-refractivity contribution >= 4 is 29.6 Å². The summed E-state index contributed by atoms with van der Waals surface area (Å²) < 4.78 is 4.88. The van der Waals surface area contributed by atoms with Gasteiger partial charge in [-0.1, -0.05) is 18.2 Å². The lowest BCUT2D eigenvalue weighted by Gasteiger charge is -2.06. The standard InChI is InChI=1S/C14H16O3S/c1-4-17-14(16)12(10(2)15)9-11-7-5-6-8-13(11)18-3/h5-9H,4H2,1-3H3. The van der Waals surface area contributed by atoms with Gasteiger partial charge in [-0.25, -0.2) is 4.79 Å². The number of thioether (sulfide) groups is 1. The van der Waals surface area contributed by atoms with E-state index in [-0.39, 0.29) is 18.0 Å². The van der Waals surface area contributed by atoms with Crippen molar-refractivity contribution in [3.05, 3.63) is 35.4 Å². The highest BCUT2D eigenvalue weighted by atomic mass is 32.2. The molecule has 1 rings (SSSR count). The molecule has 0 saturated carbocycles. The normalized spacial score (nSPS) is 11.2. The molecule has 0 bridgehead atoms. The number of ether oxygens (including phenoxy) is 1. The summed E-state index contributed by atoms with van der Waals surface area (Å²) in [6.07, 6.45) is 3.54. The third-order valence-electron chi connectivity index (χ3n) is 2.31. The number of ketones is 1. The maximum absolute atomic E-state index is 11.7. The minimum atomic E-state index is -0.569. The first-order chi connectivity index (χ1) is 8.60. The van der Waals surface area contributed by atoms with Crippen LogP contribution in [-0.4, -0.2) is 24.6 Å². The van der Waals surface area contributed by atoms with Gasteiger partial charge >= 0.3 is 5.97 Å². The Morgan fingerprint density at radius 1 is 1.33 bits per heavy atom. The lowest BCUT2D eigenvalue weighted by Crippen LogP contribution is -2.13. The fourth-order valence-corrected chi connectivity index (χ4v) is 2.03. The molecular formula is C14H16O3S. The van der Waals surface area contributed by atoms with Crippen LogP contribution in [0.15, 0.2) is 34.7 Å². The molecule has 1 aromatic carbocycles. The molecule has 0 aliphatic rings. The first-order valence-corrected chi connectivity index (χ1v) is 6.85. The van der Waals surface area contributed by atoms with Gasteiger partial charge in [0.05, 0.1) is 6.61 Å². The molecule has 0 aromatic heterocycles. The van der Waals surface area contributed by atoms with Crippen LogP contribution in [0.3, 0.4) is 0 Å². The average Bonchev–Trinajstić information content (AvgIpc) is 2.36. The summed E-state index contributed by atoms with van der Waals surface area (Å²) in [4.78, 5) is 24.2. The van der Waals surface area contributed by atoms with Gasteiger partial charge in [0, 0.05) is 4.90 Å². The molecule has 0 radical (unpaired) electrons. The van der Waals surface area contributed by atoms with E-state index >= 15 is 0 Å². The van der Waals surface area contributed by atoms with Crippen LogP contribution in [0.25, 0.3) is 6.08 Å². The van der Waals surface area contributed by atoms with Crippen LogP contribution in [-0.2, 0) is 14.3 Å². The van der Waals surface area contributed by atoms with Crippen LogP contribution in [0.1, 0.15) is 19.4 Å². The average molecular weight is 264 g/mol. The van der Waals surface area contributed by atoms with Gasteiger partial charge in [-0.2, -0.15) is 0 Å². The largest absolute Gasteiger partial charge is 0.462 e. The van der Waals surface area contributed by atoms with Gasteiger partial charge in [0.15, 0.2) is 5.78 Å². The second-order valence-electron chi connectivity index (χ2n) is 3.58. The van der Waals surface area contributed by atoms with E-state index in [9.17, 15) is 9.59 Å². The molecule has 0 amide bonds. The summed E-state index contributed by atoms with van der Waals surface area (Å²) in [7, 11) is 0. The fraction of sp³-hybridized carbons (Fsp3) is 0.286. The molecule has 0 saturated heterocycles. The summed E-state index contributed by atoms with van der Waals surface area (Å²) in [5.41, 5.74) is 0.932. The van der Waals surface area contributed by atoms with Gasteiger partial charge in [0.25, 0.3) is 0 Å². The highest BCUT2D eigenvalue weighted by Crippen LogP contribution is 2.22. The van der Waals surface area contributed by atoms with Gasteiger partial charge < -0.3 is 4.74 Å². The maximum Gasteiger partial charge on any atom is 0.341 e. The third kappa shape index (κ3) is 3.74. The Kier molecular flexibility index (Phi) is 5.65. The minimum absolute atomic E-state index is 0.0818. The molecule has 0 heterocycles. The predicted molar refractivity (Wildman–Crippen MR) is 73.5 cm³/mol. The number of benzene rings is 1. The summed E-state index contributed by atoms with van der Waals surface area (Å²) in [5, 5.41) is 0. The van der Waals surface area contributed by atoms with E-state index in [1.165, 1.54) is 6.92 Å². The molecular weight excluding hydrogens is 248 g/mol. The van der Waals surface area contributed by atoms with E-state index in [0.29, 0.717) is 0 Å². The van der Waals surface area contributed by atoms with Gasteiger partial charge in [0.2, 0.25) is 0 Å². The van der Waals surface area contributed by atoms with Crippen molar-refractivity contribution in [2.75, 3.05) is 12.9 Å². The van der Waals surface area contributed by atoms with E-state index in [1.54, 1.807) is 24.8 Å².